The molecule has 0 aliphatic heterocycles. The lowest BCUT2D eigenvalue weighted by Crippen LogP contribution is -2.14. The molecule has 2 aromatic rings. The summed E-state index contributed by atoms with van der Waals surface area (Å²) in [5.41, 5.74) is 1.92. The van der Waals surface area contributed by atoms with E-state index in [0.29, 0.717) is 29.5 Å². The van der Waals surface area contributed by atoms with Crippen molar-refractivity contribution in [1.29, 1.82) is 0 Å². The molecule has 5 heteroatoms. The standard InChI is InChI=1S/C18H21NO3S/c1-3-22-16-10-9-15(11-17(16)21-2)19-18(20)13-23-12-14-7-5-4-6-8-14/h4-11H,3,12-13H2,1-2H3,(H,19,20). The molecular formula is C18H21NO3S. The molecule has 122 valence electrons. The quantitative estimate of drug-likeness (QED) is 0.795. The summed E-state index contributed by atoms with van der Waals surface area (Å²) in [5.74, 6) is 2.48. The number of carbonyl (C=O) groups excluding carboxylic acids is 1. The summed E-state index contributed by atoms with van der Waals surface area (Å²) in [7, 11) is 1.58. The molecule has 1 amide bonds. The third-order valence-corrected chi connectivity index (χ3v) is 4.10. The van der Waals surface area contributed by atoms with Gasteiger partial charge in [0.2, 0.25) is 5.91 Å². The zero-order chi connectivity index (χ0) is 16.5. The van der Waals surface area contributed by atoms with Gasteiger partial charge in [0, 0.05) is 17.5 Å². The zero-order valence-corrected chi connectivity index (χ0v) is 14.2. The first-order valence-corrected chi connectivity index (χ1v) is 8.60. The number of benzene rings is 2. The zero-order valence-electron chi connectivity index (χ0n) is 13.4. The van der Waals surface area contributed by atoms with Gasteiger partial charge in [-0.15, -0.1) is 11.8 Å². The Balaban J connectivity index is 1.85. The van der Waals surface area contributed by atoms with Crippen molar-refractivity contribution in [1.82, 2.24) is 0 Å². The van der Waals surface area contributed by atoms with Gasteiger partial charge < -0.3 is 14.8 Å². The van der Waals surface area contributed by atoms with Crippen LogP contribution in [0.15, 0.2) is 48.5 Å². The summed E-state index contributed by atoms with van der Waals surface area (Å²) < 4.78 is 10.7. The summed E-state index contributed by atoms with van der Waals surface area (Å²) in [6.07, 6.45) is 0. The van der Waals surface area contributed by atoms with Crippen molar-refractivity contribution in [3.63, 3.8) is 0 Å². The van der Waals surface area contributed by atoms with E-state index in [4.69, 9.17) is 9.47 Å². The van der Waals surface area contributed by atoms with Crippen molar-refractivity contribution in [2.75, 3.05) is 24.8 Å². The molecular weight excluding hydrogens is 310 g/mol. The van der Waals surface area contributed by atoms with Crippen molar-refractivity contribution >= 4 is 23.4 Å². The SMILES string of the molecule is CCOc1ccc(NC(=O)CSCc2ccccc2)cc1OC. The van der Waals surface area contributed by atoms with E-state index in [-0.39, 0.29) is 5.91 Å². The van der Waals surface area contributed by atoms with Crippen molar-refractivity contribution in [3.05, 3.63) is 54.1 Å². The van der Waals surface area contributed by atoms with Crippen LogP contribution in [0.4, 0.5) is 5.69 Å². The van der Waals surface area contributed by atoms with Gasteiger partial charge >= 0.3 is 0 Å². The highest BCUT2D eigenvalue weighted by molar-refractivity contribution is 7.99. The number of ether oxygens (including phenoxy) is 2. The monoisotopic (exact) mass is 331 g/mol. The molecule has 0 aliphatic carbocycles. The maximum atomic E-state index is 12.0. The smallest absolute Gasteiger partial charge is 0.234 e. The molecule has 2 rings (SSSR count). The van der Waals surface area contributed by atoms with Crippen LogP contribution in [0.5, 0.6) is 11.5 Å². The van der Waals surface area contributed by atoms with Gasteiger partial charge in [-0.1, -0.05) is 30.3 Å². The average molecular weight is 331 g/mol. The second-order valence-corrected chi connectivity index (χ2v) is 5.81. The minimum atomic E-state index is -0.0304. The molecule has 0 aliphatic rings. The number of methoxy groups -OCH3 is 1. The number of anilines is 1. The van der Waals surface area contributed by atoms with Crippen LogP contribution in [-0.4, -0.2) is 25.4 Å². The predicted octanol–water partition coefficient (Wildman–Crippen LogP) is 3.97. The minimum absolute atomic E-state index is 0.0304. The predicted molar refractivity (Wildman–Crippen MR) is 95.4 cm³/mol. The van der Waals surface area contributed by atoms with E-state index in [1.165, 1.54) is 5.56 Å². The molecule has 0 radical (unpaired) electrons. The molecule has 0 saturated carbocycles. The van der Waals surface area contributed by atoms with Crippen LogP contribution >= 0.6 is 11.8 Å². The Hall–Kier alpha value is -2.14. The number of amides is 1. The first-order chi connectivity index (χ1) is 11.2. The molecule has 23 heavy (non-hydrogen) atoms. The van der Waals surface area contributed by atoms with Gasteiger partial charge in [-0.2, -0.15) is 0 Å². The molecule has 0 aromatic heterocycles. The summed E-state index contributed by atoms with van der Waals surface area (Å²) >= 11 is 1.59. The van der Waals surface area contributed by atoms with Gasteiger partial charge in [-0.05, 0) is 24.6 Å². The highest BCUT2D eigenvalue weighted by Gasteiger charge is 2.08. The second kappa shape index (κ2) is 9.10. The molecule has 0 unspecified atom stereocenters. The van der Waals surface area contributed by atoms with Crippen LogP contribution in [0.2, 0.25) is 0 Å². The van der Waals surface area contributed by atoms with Gasteiger partial charge in [0.05, 0.1) is 19.5 Å². The van der Waals surface area contributed by atoms with Gasteiger partial charge in [0.1, 0.15) is 0 Å². The second-order valence-electron chi connectivity index (χ2n) is 4.83. The molecule has 1 N–H and O–H groups in total. The van der Waals surface area contributed by atoms with E-state index in [9.17, 15) is 4.79 Å². The largest absolute Gasteiger partial charge is 0.493 e. The lowest BCUT2D eigenvalue weighted by atomic mass is 10.2. The lowest BCUT2D eigenvalue weighted by molar-refractivity contribution is -0.113. The summed E-state index contributed by atoms with van der Waals surface area (Å²) in [6, 6.07) is 15.5. The van der Waals surface area contributed by atoms with E-state index in [0.717, 1.165) is 5.75 Å². The topological polar surface area (TPSA) is 47.6 Å². The van der Waals surface area contributed by atoms with Crippen LogP contribution in [0.1, 0.15) is 12.5 Å². The van der Waals surface area contributed by atoms with Crippen LogP contribution in [-0.2, 0) is 10.5 Å². The lowest BCUT2D eigenvalue weighted by Gasteiger charge is -2.11. The molecule has 0 bridgehead atoms. The van der Waals surface area contributed by atoms with Crippen LogP contribution in [0, 0.1) is 0 Å². The van der Waals surface area contributed by atoms with Crippen molar-refractivity contribution in [2.24, 2.45) is 0 Å². The van der Waals surface area contributed by atoms with Gasteiger partial charge in [-0.25, -0.2) is 0 Å². The van der Waals surface area contributed by atoms with E-state index < -0.39 is 0 Å². The van der Waals surface area contributed by atoms with Crippen molar-refractivity contribution < 1.29 is 14.3 Å². The molecule has 0 fully saturated rings. The van der Waals surface area contributed by atoms with Crippen LogP contribution in [0.25, 0.3) is 0 Å². The maximum absolute atomic E-state index is 12.0. The number of thioether (sulfide) groups is 1. The van der Waals surface area contributed by atoms with Crippen molar-refractivity contribution in [3.8, 4) is 11.5 Å². The minimum Gasteiger partial charge on any atom is -0.493 e. The van der Waals surface area contributed by atoms with Crippen LogP contribution < -0.4 is 14.8 Å². The van der Waals surface area contributed by atoms with Gasteiger partial charge in [0.25, 0.3) is 0 Å². The number of nitrogens with one attached hydrogen (secondary N) is 1. The third-order valence-electron chi connectivity index (χ3n) is 3.09. The molecule has 0 atom stereocenters. The van der Waals surface area contributed by atoms with E-state index in [1.807, 2.05) is 31.2 Å². The Morgan fingerprint density at radius 1 is 1.13 bits per heavy atom. The molecule has 2 aromatic carbocycles. The normalized spacial score (nSPS) is 10.2. The van der Waals surface area contributed by atoms with Crippen molar-refractivity contribution in [2.45, 2.75) is 12.7 Å². The summed E-state index contributed by atoms with van der Waals surface area (Å²) in [4.78, 5) is 12.0. The summed E-state index contributed by atoms with van der Waals surface area (Å²) in [5, 5.41) is 2.88. The Morgan fingerprint density at radius 2 is 1.91 bits per heavy atom. The fraction of sp³-hybridized carbons (Fsp3) is 0.278. The molecule has 0 spiro atoms. The Morgan fingerprint density at radius 3 is 2.61 bits per heavy atom. The number of hydrogen-bond acceptors (Lipinski definition) is 4. The van der Waals surface area contributed by atoms with E-state index >= 15 is 0 Å². The number of rotatable bonds is 8. The molecule has 4 nitrogen and oxygen atoms in total. The first kappa shape index (κ1) is 17.2. The fourth-order valence-electron chi connectivity index (χ4n) is 2.05. The third kappa shape index (κ3) is 5.53. The highest BCUT2D eigenvalue weighted by atomic mass is 32.2. The number of carbonyl (C=O) groups is 1. The number of hydrogen-bond donors (Lipinski definition) is 1. The van der Waals surface area contributed by atoms with E-state index in [1.54, 1.807) is 31.0 Å². The summed E-state index contributed by atoms with van der Waals surface area (Å²) in [6.45, 7) is 2.48. The Kier molecular flexibility index (Phi) is 6.81. The molecule has 0 saturated heterocycles. The molecule has 0 heterocycles. The first-order valence-electron chi connectivity index (χ1n) is 7.45. The maximum Gasteiger partial charge on any atom is 0.234 e. The Labute approximate surface area is 141 Å². The van der Waals surface area contributed by atoms with E-state index in [2.05, 4.69) is 17.4 Å². The van der Waals surface area contributed by atoms with Gasteiger partial charge in [0.15, 0.2) is 11.5 Å². The fourth-order valence-corrected chi connectivity index (χ4v) is 2.84. The highest BCUT2D eigenvalue weighted by Crippen LogP contribution is 2.30. The van der Waals surface area contributed by atoms with Gasteiger partial charge in [-0.3, -0.25) is 4.79 Å². The average Bonchev–Trinajstić information content (AvgIpc) is 2.57. The Bertz CT molecular complexity index is 631. The van der Waals surface area contributed by atoms with Crippen LogP contribution in [0.3, 0.4) is 0 Å².